The van der Waals surface area contributed by atoms with E-state index in [1.807, 2.05) is 48.5 Å². The molecule has 0 aliphatic rings. The fourth-order valence-electron chi connectivity index (χ4n) is 1.85. The molecule has 1 unspecified atom stereocenters. The summed E-state index contributed by atoms with van der Waals surface area (Å²) in [6.45, 7) is 2.40. The van der Waals surface area contributed by atoms with E-state index in [9.17, 15) is 5.11 Å². The Hall–Kier alpha value is -1.51. The minimum absolute atomic E-state index is 0.486. The van der Waals surface area contributed by atoms with Crippen LogP contribution in [0.5, 0.6) is 0 Å². The highest BCUT2D eigenvalue weighted by atomic mass is 35.5. The van der Waals surface area contributed by atoms with Gasteiger partial charge in [0.25, 0.3) is 0 Å². The predicted octanol–water partition coefficient (Wildman–Crippen LogP) is 4.01. The fourth-order valence-corrected chi connectivity index (χ4v) is 2.06. The molecule has 18 heavy (non-hydrogen) atoms. The van der Waals surface area contributed by atoms with Crippen LogP contribution in [-0.2, 0) is 6.54 Å². The van der Waals surface area contributed by atoms with Gasteiger partial charge in [-0.2, -0.15) is 0 Å². The average Bonchev–Trinajstić information content (AvgIpc) is 2.38. The first-order valence-corrected chi connectivity index (χ1v) is 6.30. The first-order valence-electron chi connectivity index (χ1n) is 5.93. The molecule has 2 aromatic rings. The fraction of sp³-hybridized carbons (Fsp3) is 0.200. The lowest BCUT2D eigenvalue weighted by Gasteiger charge is -2.14. The Bertz CT molecular complexity index is 525. The minimum atomic E-state index is -0.486. The number of anilines is 1. The van der Waals surface area contributed by atoms with Gasteiger partial charge in [-0.15, -0.1) is 0 Å². The van der Waals surface area contributed by atoms with Crippen LogP contribution >= 0.6 is 11.6 Å². The maximum absolute atomic E-state index is 9.69. The molecule has 94 valence electrons. The normalized spacial score (nSPS) is 12.2. The summed E-state index contributed by atoms with van der Waals surface area (Å²) < 4.78 is 0. The summed E-state index contributed by atoms with van der Waals surface area (Å²) in [5.74, 6) is 0. The Morgan fingerprint density at radius 2 is 1.78 bits per heavy atom. The summed E-state index contributed by atoms with van der Waals surface area (Å²) in [7, 11) is 0. The second-order valence-electron chi connectivity index (χ2n) is 4.21. The topological polar surface area (TPSA) is 32.3 Å². The van der Waals surface area contributed by atoms with E-state index in [4.69, 9.17) is 11.6 Å². The predicted molar refractivity (Wildman–Crippen MR) is 75.9 cm³/mol. The van der Waals surface area contributed by atoms with Gasteiger partial charge in [0, 0.05) is 22.8 Å². The van der Waals surface area contributed by atoms with Crippen molar-refractivity contribution in [1.82, 2.24) is 0 Å². The summed E-state index contributed by atoms with van der Waals surface area (Å²) >= 11 is 6.10. The summed E-state index contributed by atoms with van der Waals surface area (Å²) in [6, 6.07) is 15.5. The average molecular weight is 262 g/mol. The van der Waals surface area contributed by atoms with Crippen molar-refractivity contribution in [1.29, 1.82) is 0 Å². The largest absolute Gasteiger partial charge is 0.389 e. The molecule has 2 aromatic carbocycles. The van der Waals surface area contributed by atoms with Crippen LogP contribution in [0.3, 0.4) is 0 Å². The van der Waals surface area contributed by atoms with E-state index in [2.05, 4.69) is 5.32 Å². The van der Waals surface area contributed by atoms with Crippen LogP contribution in [0.25, 0.3) is 0 Å². The lowest BCUT2D eigenvalue weighted by molar-refractivity contribution is 0.200. The first-order chi connectivity index (χ1) is 8.68. The van der Waals surface area contributed by atoms with Crippen LogP contribution in [-0.4, -0.2) is 5.11 Å². The number of hydrogen-bond acceptors (Lipinski definition) is 2. The number of hydrogen-bond donors (Lipinski definition) is 2. The molecule has 0 spiro atoms. The monoisotopic (exact) mass is 261 g/mol. The SMILES string of the molecule is CC(O)c1ccccc1NCc1ccccc1Cl. The van der Waals surface area contributed by atoms with E-state index in [1.54, 1.807) is 6.92 Å². The molecule has 2 nitrogen and oxygen atoms in total. The number of benzene rings is 2. The van der Waals surface area contributed by atoms with Crippen molar-refractivity contribution in [2.24, 2.45) is 0 Å². The van der Waals surface area contributed by atoms with Gasteiger partial charge >= 0.3 is 0 Å². The van der Waals surface area contributed by atoms with Crippen molar-refractivity contribution >= 4 is 17.3 Å². The summed E-state index contributed by atoms with van der Waals surface area (Å²) in [5, 5.41) is 13.7. The Kier molecular flexibility index (Phi) is 4.24. The van der Waals surface area contributed by atoms with Gasteiger partial charge in [-0.3, -0.25) is 0 Å². The van der Waals surface area contributed by atoms with Crippen LogP contribution < -0.4 is 5.32 Å². The molecule has 0 aliphatic heterocycles. The number of para-hydroxylation sites is 1. The third kappa shape index (κ3) is 3.03. The third-order valence-corrected chi connectivity index (χ3v) is 3.21. The molecule has 0 saturated carbocycles. The van der Waals surface area contributed by atoms with Crippen molar-refractivity contribution < 1.29 is 5.11 Å². The van der Waals surface area contributed by atoms with E-state index in [0.29, 0.717) is 6.54 Å². The maximum Gasteiger partial charge on any atom is 0.0781 e. The van der Waals surface area contributed by atoms with Crippen LogP contribution in [0.1, 0.15) is 24.2 Å². The van der Waals surface area contributed by atoms with Crippen molar-refractivity contribution in [3.63, 3.8) is 0 Å². The lowest BCUT2D eigenvalue weighted by atomic mass is 10.1. The molecular formula is C15H16ClNO. The van der Waals surface area contributed by atoms with Crippen LogP contribution in [0.2, 0.25) is 5.02 Å². The molecule has 0 amide bonds. The Morgan fingerprint density at radius 3 is 2.50 bits per heavy atom. The van der Waals surface area contributed by atoms with Gasteiger partial charge in [0.2, 0.25) is 0 Å². The molecule has 0 heterocycles. The number of aliphatic hydroxyl groups is 1. The molecule has 3 heteroatoms. The van der Waals surface area contributed by atoms with Crippen LogP contribution in [0, 0.1) is 0 Å². The third-order valence-electron chi connectivity index (χ3n) is 2.84. The molecule has 0 fully saturated rings. The van der Waals surface area contributed by atoms with Gasteiger partial charge < -0.3 is 10.4 Å². The summed E-state index contributed by atoms with van der Waals surface area (Å²) in [4.78, 5) is 0. The molecule has 2 N–H and O–H groups in total. The number of halogens is 1. The minimum Gasteiger partial charge on any atom is -0.389 e. The Labute approximate surface area is 112 Å². The van der Waals surface area contributed by atoms with E-state index >= 15 is 0 Å². The standard InChI is InChI=1S/C15H16ClNO/c1-11(18)13-7-3-5-9-15(13)17-10-12-6-2-4-8-14(12)16/h2-9,11,17-18H,10H2,1H3. The highest BCUT2D eigenvalue weighted by molar-refractivity contribution is 6.31. The smallest absolute Gasteiger partial charge is 0.0781 e. The molecule has 0 aliphatic carbocycles. The van der Waals surface area contributed by atoms with Gasteiger partial charge in [-0.1, -0.05) is 48.0 Å². The zero-order chi connectivity index (χ0) is 13.0. The number of aliphatic hydroxyl groups excluding tert-OH is 1. The van der Waals surface area contributed by atoms with Crippen molar-refractivity contribution in [2.45, 2.75) is 19.6 Å². The van der Waals surface area contributed by atoms with Gasteiger partial charge in [-0.25, -0.2) is 0 Å². The van der Waals surface area contributed by atoms with E-state index in [1.165, 1.54) is 0 Å². The first kappa shape index (κ1) is 12.9. The molecule has 0 bridgehead atoms. The summed E-state index contributed by atoms with van der Waals surface area (Å²) in [6.07, 6.45) is -0.486. The van der Waals surface area contributed by atoms with Crippen molar-refractivity contribution in [3.8, 4) is 0 Å². The van der Waals surface area contributed by atoms with Gasteiger partial charge in [0.05, 0.1) is 6.10 Å². The lowest BCUT2D eigenvalue weighted by Crippen LogP contribution is -2.04. The van der Waals surface area contributed by atoms with Gasteiger partial charge in [0.15, 0.2) is 0 Å². The van der Waals surface area contributed by atoms with Crippen LogP contribution in [0.4, 0.5) is 5.69 Å². The molecule has 2 rings (SSSR count). The molecule has 0 radical (unpaired) electrons. The number of nitrogens with one attached hydrogen (secondary N) is 1. The van der Waals surface area contributed by atoms with E-state index in [0.717, 1.165) is 21.8 Å². The highest BCUT2D eigenvalue weighted by Gasteiger charge is 2.07. The molecule has 1 atom stereocenters. The second kappa shape index (κ2) is 5.89. The molecular weight excluding hydrogens is 246 g/mol. The number of rotatable bonds is 4. The van der Waals surface area contributed by atoms with Crippen molar-refractivity contribution in [3.05, 3.63) is 64.7 Å². The van der Waals surface area contributed by atoms with Gasteiger partial charge in [0.1, 0.15) is 0 Å². The summed E-state index contributed by atoms with van der Waals surface area (Å²) in [5.41, 5.74) is 2.87. The zero-order valence-electron chi connectivity index (χ0n) is 10.2. The molecule has 0 saturated heterocycles. The van der Waals surface area contributed by atoms with Crippen LogP contribution in [0.15, 0.2) is 48.5 Å². The Morgan fingerprint density at radius 1 is 1.11 bits per heavy atom. The quantitative estimate of drug-likeness (QED) is 0.872. The van der Waals surface area contributed by atoms with Crippen molar-refractivity contribution in [2.75, 3.05) is 5.32 Å². The second-order valence-corrected chi connectivity index (χ2v) is 4.62. The zero-order valence-corrected chi connectivity index (χ0v) is 11.0. The van der Waals surface area contributed by atoms with Gasteiger partial charge in [-0.05, 0) is 24.6 Å². The van der Waals surface area contributed by atoms with E-state index < -0.39 is 6.10 Å². The molecule has 0 aromatic heterocycles. The highest BCUT2D eigenvalue weighted by Crippen LogP contribution is 2.23. The van der Waals surface area contributed by atoms with E-state index in [-0.39, 0.29) is 0 Å². The maximum atomic E-state index is 9.69. The Balaban J connectivity index is 2.14.